The van der Waals surface area contributed by atoms with E-state index in [0.29, 0.717) is 22.8 Å². The number of hydrogen-bond donors (Lipinski definition) is 1. The van der Waals surface area contributed by atoms with E-state index in [0.717, 1.165) is 0 Å². The fraction of sp³-hybridized carbons (Fsp3) is 0.300. The molecule has 0 aromatic heterocycles. The fourth-order valence-corrected chi connectivity index (χ4v) is 1.37. The lowest BCUT2D eigenvalue weighted by Gasteiger charge is -2.11. The van der Waals surface area contributed by atoms with Crippen LogP contribution in [0.1, 0.15) is 10.4 Å². The van der Waals surface area contributed by atoms with Gasteiger partial charge in [0.2, 0.25) is 5.12 Å². The van der Waals surface area contributed by atoms with Crippen LogP contribution in [0.2, 0.25) is 0 Å². The lowest BCUT2D eigenvalue weighted by molar-refractivity contribution is 0.108. The van der Waals surface area contributed by atoms with E-state index >= 15 is 0 Å². The summed E-state index contributed by atoms with van der Waals surface area (Å²) in [5, 5.41) is -0.382. The SMILES string of the molecule is COc1cc(OC)c(C(=O)S)cc1OC. The average Bonchev–Trinajstić information content (AvgIpc) is 2.26. The van der Waals surface area contributed by atoms with Crippen molar-refractivity contribution in [3.8, 4) is 17.2 Å². The van der Waals surface area contributed by atoms with E-state index in [1.165, 1.54) is 27.4 Å². The van der Waals surface area contributed by atoms with Crippen molar-refractivity contribution in [2.24, 2.45) is 0 Å². The van der Waals surface area contributed by atoms with Crippen LogP contribution in [0.25, 0.3) is 0 Å². The van der Waals surface area contributed by atoms with E-state index in [1.54, 1.807) is 6.07 Å². The van der Waals surface area contributed by atoms with Crippen molar-refractivity contribution >= 4 is 17.7 Å². The highest BCUT2D eigenvalue weighted by atomic mass is 32.1. The Kier molecular flexibility index (Phi) is 3.85. The van der Waals surface area contributed by atoms with Crippen molar-refractivity contribution in [3.05, 3.63) is 17.7 Å². The first-order valence-electron chi connectivity index (χ1n) is 4.17. The summed E-state index contributed by atoms with van der Waals surface area (Å²) in [6, 6.07) is 3.12. The van der Waals surface area contributed by atoms with Crippen LogP contribution in [-0.2, 0) is 0 Å². The van der Waals surface area contributed by atoms with Crippen molar-refractivity contribution in [3.63, 3.8) is 0 Å². The molecule has 0 N–H and O–H groups in total. The first kappa shape index (κ1) is 11.7. The number of benzene rings is 1. The van der Waals surface area contributed by atoms with Crippen LogP contribution in [-0.4, -0.2) is 26.4 Å². The number of methoxy groups -OCH3 is 3. The quantitative estimate of drug-likeness (QED) is 0.798. The molecule has 0 aliphatic heterocycles. The molecule has 0 atom stereocenters. The molecule has 1 rings (SSSR count). The molecule has 1 aromatic rings. The van der Waals surface area contributed by atoms with E-state index in [1.807, 2.05) is 0 Å². The van der Waals surface area contributed by atoms with Crippen LogP contribution in [0.4, 0.5) is 0 Å². The maximum Gasteiger partial charge on any atom is 0.220 e. The summed E-state index contributed by atoms with van der Waals surface area (Å²) in [7, 11) is 4.48. The zero-order chi connectivity index (χ0) is 11.4. The fourth-order valence-electron chi connectivity index (χ4n) is 1.20. The normalized spacial score (nSPS) is 9.60. The van der Waals surface area contributed by atoms with Crippen LogP contribution in [0.3, 0.4) is 0 Å². The van der Waals surface area contributed by atoms with Crippen molar-refractivity contribution in [2.75, 3.05) is 21.3 Å². The molecule has 0 bridgehead atoms. The molecule has 0 unspecified atom stereocenters. The molecule has 15 heavy (non-hydrogen) atoms. The summed E-state index contributed by atoms with van der Waals surface area (Å²) in [5.41, 5.74) is 0.346. The van der Waals surface area contributed by atoms with Crippen LogP contribution >= 0.6 is 12.6 Å². The van der Waals surface area contributed by atoms with Gasteiger partial charge in [-0.3, -0.25) is 4.79 Å². The van der Waals surface area contributed by atoms with Crippen LogP contribution in [0, 0.1) is 0 Å². The third-order valence-electron chi connectivity index (χ3n) is 1.94. The van der Waals surface area contributed by atoms with Crippen molar-refractivity contribution in [2.45, 2.75) is 0 Å². The van der Waals surface area contributed by atoms with Gasteiger partial charge in [-0.2, -0.15) is 0 Å². The van der Waals surface area contributed by atoms with E-state index in [2.05, 4.69) is 12.6 Å². The molecule has 1 aromatic carbocycles. The molecule has 0 aliphatic rings. The minimum Gasteiger partial charge on any atom is -0.496 e. The van der Waals surface area contributed by atoms with Gasteiger partial charge >= 0.3 is 0 Å². The lowest BCUT2D eigenvalue weighted by atomic mass is 10.2. The van der Waals surface area contributed by atoms with Gasteiger partial charge in [-0.05, 0) is 6.07 Å². The van der Waals surface area contributed by atoms with Gasteiger partial charge in [0.1, 0.15) is 5.75 Å². The van der Waals surface area contributed by atoms with Gasteiger partial charge in [-0.15, -0.1) is 12.6 Å². The van der Waals surface area contributed by atoms with Gasteiger partial charge in [0.25, 0.3) is 0 Å². The third-order valence-corrected chi connectivity index (χ3v) is 2.18. The van der Waals surface area contributed by atoms with E-state index in [4.69, 9.17) is 14.2 Å². The number of carbonyl (C=O) groups is 1. The highest BCUT2D eigenvalue weighted by molar-refractivity contribution is 7.97. The summed E-state index contributed by atoms with van der Waals surface area (Å²) >= 11 is 3.75. The maximum atomic E-state index is 11.2. The van der Waals surface area contributed by atoms with Crippen LogP contribution in [0.5, 0.6) is 17.2 Å². The minimum absolute atomic E-state index is 0.346. The molecule has 0 saturated carbocycles. The molecular formula is C10H12O4S. The van der Waals surface area contributed by atoms with Crippen LogP contribution in [0.15, 0.2) is 12.1 Å². The molecule has 82 valence electrons. The molecule has 0 spiro atoms. The summed E-state index contributed by atoms with van der Waals surface area (Å²) in [6.45, 7) is 0. The summed E-state index contributed by atoms with van der Waals surface area (Å²) in [6.07, 6.45) is 0. The second-order valence-electron chi connectivity index (χ2n) is 2.71. The Labute approximate surface area is 93.5 Å². The smallest absolute Gasteiger partial charge is 0.220 e. The predicted octanol–water partition coefficient (Wildman–Crippen LogP) is 1.78. The second-order valence-corrected chi connectivity index (χ2v) is 3.12. The summed E-state index contributed by atoms with van der Waals surface area (Å²) in [4.78, 5) is 11.2. The summed E-state index contributed by atoms with van der Waals surface area (Å²) < 4.78 is 15.2. The molecule has 0 saturated heterocycles. The monoisotopic (exact) mass is 228 g/mol. The van der Waals surface area contributed by atoms with Crippen molar-refractivity contribution < 1.29 is 19.0 Å². The minimum atomic E-state index is -0.382. The molecule has 0 amide bonds. The van der Waals surface area contributed by atoms with E-state index in [-0.39, 0.29) is 5.12 Å². The Hall–Kier alpha value is -1.36. The Balaban J connectivity index is 3.34. The van der Waals surface area contributed by atoms with Gasteiger partial charge in [0, 0.05) is 6.07 Å². The highest BCUT2D eigenvalue weighted by Crippen LogP contribution is 2.35. The number of rotatable bonds is 4. The molecule has 4 nitrogen and oxygen atoms in total. The zero-order valence-corrected chi connectivity index (χ0v) is 9.63. The largest absolute Gasteiger partial charge is 0.496 e. The number of carbonyl (C=O) groups excluding carboxylic acids is 1. The molecule has 0 aliphatic carbocycles. The number of ether oxygens (including phenoxy) is 3. The van der Waals surface area contributed by atoms with Gasteiger partial charge in [0.15, 0.2) is 11.5 Å². The first-order valence-corrected chi connectivity index (χ1v) is 4.62. The molecule has 5 heteroatoms. The van der Waals surface area contributed by atoms with Gasteiger partial charge < -0.3 is 14.2 Å². The summed E-state index contributed by atoms with van der Waals surface area (Å²) in [5.74, 6) is 1.39. The predicted molar refractivity (Wildman–Crippen MR) is 59.4 cm³/mol. The standard InChI is InChI=1S/C10H12O4S/c1-12-7-5-9(14-3)8(13-2)4-6(7)10(11)15/h4-5H,1-3H3,(H,11,15). The Morgan fingerprint density at radius 2 is 1.47 bits per heavy atom. The van der Waals surface area contributed by atoms with Gasteiger partial charge in [-0.25, -0.2) is 0 Å². The van der Waals surface area contributed by atoms with Crippen LogP contribution < -0.4 is 14.2 Å². The van der Waals surface area contributed by atoms with Gasteiger partial charge in [0.05, 0.1) is 26.9 Å². The van der Waals surface area contributed by atoms with Crippen molar-refractivity contribution in [1.29, 1.82) is 0 Å². The van der Waals surface area contributed by atoms with E-state index in [9.17, 15) is 4.79 Å². The number of thiol groups is 1. The molecule has 0 heterocycles. The molecule has 0 radical (unpaired) electrons. The Morgan fingerprint density at radius 1 is 1.00 bits per heavy atom. The maximum absolute atomic E-state index is 11.2. The third kappa shape index (κ3) is 2.36. The number of hydrogen-bond acceptors (Lipinski definition) is 4. The highest BCUT2D eigenvalue weighted by Gasteiger charge is 2.14. The second kappa shape index (κ2) is 4.93. The Morgan fingerprint density at radius 3 is 1.87 bits per heavy atom. The van der Waals surface area contributed by atoms with Crippen molar-refractivity contribution in [1.82, 2.24) is 0 Å². The lowest BCUT2D eigenvalue weighted by Crippen LogP contribution is -1.99. The molecular weight excluding hydrogens is 216 g/mol. The first-order chi connectivity index (χ1) is 7.13. The molecule has 0 fully saturated rings. The zero-order valence-electron chi connectivity index (χ0n) is 8.73. The Bertz CT molecular complexity index is 376. The topological polar surface area (TPSA) is 44.8 Å². The average molecular weight is 228 g/mol. The van der Waals surface area contributed by atoms with E-state index < -0.39 is 0 Å². The van der Waals surface area contributed by atoms with Gasteiger partial charge in [-0.1, -0.05) is 0 Å².